The molecular weight excluding hydrogens is 386 g/mol. The molecule has 0 aliphatic carbocycles. The monoisotopic (exact) mass is 405 g/mol. The van der Waals surface area contributed by atoms with Gasteiger partial charge in [-0.1, -0.05) is 23.7 Å². The number of hydrogen-bond donors (Lipinski definition) is 1. The van der Waals surface area contributed by atoms with E-state index in [1.807, 2.05) is 29.8 Å². The van der Waals surface area contributed by atoms with Gasteiger partial charge in [0.25, 0.3) is 0 Å². The molecule has 1 aromatic carbocycles. The summed E-state index contributed by atoms with van der Waals surface area (Å²) in [6.07, 6.45) is 1.21. The zero-order chi connectivity index (χ0) is 19.2. The third-order valence-corrected chi connectivity index (χ3v) is 6.19. The van der Waals surface area contributed by atoms with E-state index in [0.717, 1.165) is 34.4 Å². The van der Waals surface area contributed by atoms with Gasteiger partial charge in [-0.05, 0) is 29.8 Å². The van der Waals surface area contributed by atoms with Crippen LogP contribution in [0.5, 0.6) is 0 Å². The minimum Gasteiger partial charge on any atom is -0.378 e. The lowest BCUT2D eigenvalue weighted by Crippen LogP contribution is -2.35. The van der Waals surface area contributed by atoms with E-state index in [2.05, 4.69) is 16.4 Å². The van der Waals surface area contributed by atoms with Gasteiger partial charge in [-0.15, -0.1) is 0 Å². The van der Waals surface area contributed by atoms with Crippen LogP contribution < -0.4 is 5.32 Å². The summed E-state index contributed by atoms with van der Waals surface area (Å²) in [5, 5.41) is 4.87. The molecule has 1 aliphatic rings. The fraction of sp³-hybridized carbons (Fsp3) is 0.316. The van der Waals surface area contributed by atoms with Crippen molar-refractivity contribution in [3.8, 4) is 11.3 Å². The fourth-order valence-corrected chi connectivity index (χ4v) is 4.30. The largest absolute Gasteiger partial charge is 0.378 e. The van der Waals surface area contributed by atoms with Crippen LogP contribution >= 0.6 is 11.6 Å². The molecule has 4 rings (SSSR count). The van der Waals surface area contributed by atoms with Crippen molar-refractivity contribution >= 4 is 32.3 Å². The van der Waals surface area contributed by atoms with E-state index >= 15 is 0 Å². The highest BCUT2D eigenvalue weighted by Gasteiger charge is 2.22. The summed E-state index contributed by atoms with van der Waals surface area (Å²) in [7, 11) is -1.25. The Bertz CT molecular complexity index is 1100. The number of aromatic nitrogens is 2. The Morgan fingerprint density at radius 1 is 1.26 bits per heavy atom. The van der Waals surface area contributed by atoms with Gasteiger partial charge in [0.05, 0.1) is 35.4 Å². The van der Waals surface area contributed by atoms with Gasteiger partial charge < -0.3 is 14.6 Å². The first kappa shape index (κ1) is 18.4. The second kappa shape index (κ2) is 6.91. The Balaban J connectivity index is 1.84. The standard InChI is InChI=1S/C19H20ClN3O3S/c1-23-16(12-3-5-13(6-4-12)27(2,24)25)9-14-17(23)10-18(20)22-19(14)15-11-26-8-7-21-15/h3-6,9-10,15,21H,7-8,11H2,1-2H3. The van der Waals surface area contributed by atoms with Crippen LogP contribution in [0, 0.1) is 0 Å². The van der Waals surface area contributed by atoms with Crippen LogP contribution in [0.25, 0.3) is 22.2 Å². The van der Waals surface area contributed by atoms with E-state index in [1.165, 1.54) is 6.26 Å². The number of nitrogens with one attached hydrogen (secondary N) is 1. The number of hydrogen-bond acceptors (Lipinski definition) is 5. The van der Waals surface area contributed by atoms with E-state index in [4.69, 9.17) is 16.3 Å². The van der Waals surface area contributed by atoms with Crippen molar-refractivity contribution in [2.75, 3.05) is 26.0 Å². The van der Waals surface area contributed by atoms with Gasteiger partial charge in [-0.3, -0.25) is 0 Å². The van der Waals surface area contributed by atoms with Crippen LogP contribution in [0.4, 0.5) is 0 Å². The van der Waals surface area contributed by atoms with Crippen molar-refractivity contribution in [3.05, 3.63) is 47.2 Å². The molecule has 1 fully saturated rings. The van der Waals surface area contributed by atoms with E-state index in [1.54, 1.807) is 12.1 Å². The first-order valence-corrected chi connectivity index (χ1v) is 10.9. The molecule has 27 heavy (non-hydrogen) atoms. The number of sulfone groups is 1. The molecule has 0 bridgehead atoms. The Morgan fingerprint density at radius 3 is 2.63 bits per heavy atom. The lowest BCUT2D eigenvalue weighted by atomic mass is 10.1. The number of benzene rings is 1. The summed E-state index contributed by atoms with van der Waals surface area (Å²) in [5.41, 5.74) is 3.73. The van der Waals surface area contributed by atoms with E-state index < -0.39 is 9.84 Å². The number of ether oxygens (including phenoxy) is 1. The van der Waals surface area contributed by atoms with Crippen LogP contribution in [-0.4, -0.2) is 44.0 Å². The second-order valence-electron chi connectivity index (χ2n) is 6.73. The maximum Gasteiger partial charge on any atom is 0.175 e. The van der Waals surface area contributed by atoms with Crippen molar-refractivity contribution in [3.63, 3.8) is 0 Å². The SMILES string of the molecule is Cn1c(-c2ccc(S(C)(=O)=O)cc2)cc2c(C3COCCN3)nc(Cl)cc21. The lowest BCUT2D eigenvalue weighted by Gasteiger charge is -2.24. The Kier molecular flexibility index (Phi) is 4.71. The maximum atomic E-state index is 11.7. The molecule has 1 N–H and O–H groups in total. The van der Waals surface area contributed by atoms with Crippen molar-refractivity contribution in [2.45, 2.75) is 10.9 Å². The van der Waals surface area contributed by atoms with Crippen LogP contribution in [0.2, 0.25) is 5.15 Å². The predicted octanol–water partition coefficient (Wildman–Crippen LogP) is 2.96. The number of rotatable bonds is 3. The molecule has 8 heteroatoms. The molecule has 6 nitrogen and oxygen atoms in total. The third kappa shape index (κ3) is 3.48. The average molecular weight is 406 g/mol. The average Bonchev–Trinajstić information content (AvgIpc) is 2.98. The van der Waals surface area contributed by atoms with Gasteiger partial charge in [-0.2, -0.15) is 0 Å². The second-order valence-corrected chi connectivity index (χ2v) is 9.13. The molecule has 3 heterocycles. The summed E-state index contributed by atoms with van der Waals surface area (Å²) in [4.78, 5) is 4.85. The summed E-state index contributed by atoms with van der Waals surface area (Å²) in [6.45, 7) is 2.01. The number of nitrogens with zero attached hydrogens (tertiary/aromatic N) is 2. The maximum absolute atomic E-state index is 11.7. The van der Waals surface area contributed by atoms with Crippen molar-refractivity contribution in [1.82, 2.24) is 14.9 Å². The smallest absolute Gasteiger partial charge is 0.175 e. The molecule has 0 spiro atoms. The van der Waals surface area contributed by atoms with Crippen LogP contribution in [0.15, 0.2) is 41.3 Å². The summed E-state index contributed by atoms with van der Waals surface area (Å²) in [6, 6.07) is 10.8. The molecule has 3 aromatic rings. The summed E-state index contributed by atoms with van der Waals surface area (Å²) in [5.74, 6) is 0. The lowest BCUT2D eigenvalue weighted by molar-refractivity contribution is 0.0761. The quantitative estimate of drug-likeness (QED) is 0.678. The normalized spacial score (nSPS) is 18.1. The van der Waals surface area contributed by atoms with Gasteiger partial charge >= 0.3 is 0 Å². The molecule has 0 amide bonds. The Morgan fingerprint density at radius 2 is 2.00 bits per heavy atom. The zero-order valence-corrected chi connectivity index (χ0v) is 16.6. The van der Waals surface area contributed by atoms with Gasteiger partial charge in [-0.25, -0.2) is 13.4 Å². The van der Waals surface area contributed by atoms with Crippen molar-refractivity contribution in [2.24, 2.45) is 7.05 Å². The van der Waals surface area contributed by atoms with Crippen molar-refractivity contribution < 1.29 is 13.2 Å². The highest BCUT2D eigenvalue weighted by Crippen LogP contribution is 2.33. The minimum absolute atomic E-state index is 0.0113. The molecule has 2 aromatic heterocycles. The molecule has 1 unspecified atom stereocenters. The van der Waals surface area contributed by atoms with Gasteiger partial charge in [0.15, 0.2) is 9.84 Å². The molecule has 1 saturated heterocycles. The topological polar surface area (TPSA) is 73.2 Å². The van der Waals surface area contributed by atoms with E-state index in [-0.39, 0.29) is 6.04 Å². The molecular formula is C19H20ClN3O3S. The van der Waals surface area contributed by atoms with E-state index in [9.17, 15) is 8.42 Å². The summed E-state index contributed by atoms with van der Waals surface area (Å²) < 4.78 is 31.0. The first-order valence-electron chi connectivity index (χ1n) is 8.62. The van der Waals surface area contributed by atoms with Crippen LogP contribution in [0.1, 0.15) is 11.7 Å². The zero-order valence-electron chi connectivity index (χ0n) is 15.1. The Labute approximate surface area is 163 Å². The van der Waals surface area contributed by atoms with Crippen molar-refractivity contribution in [1.29, 1.82) is 0 Å². The van der Waals surface area contributed by atoms with Gasteiger partial charge in [0.1, 0.15) is 5.15 Å². The summed E-state index contributed by atoms with van der Waals surface area (Å²) >= 11 is 6.28. The Hall–Kier alpha value is -1.93. The number of fused-ring (bicyclic) bond motifs is 1. The molecule has 1 aliphatic heterocycles. The molecule has 0 radical (unpaired) electrons. The van der Waals surface area contributed by atoms with Crippen LogP contribution in [0.3, 0.4) is 0 Å². The fourth-order valence-electron chi connectivity index (χ4n) is 3.47. The minimum atomic E-state index is -3.22. The highest BCUT2D eigenvalue weighted by molar-refractivity contribution is 7.90. The number of aryl methyl sites for hydroxylation is 1. The number of halogens is 1. The highest BCUT2D eigenvalue weighted by atomic mass is 35.5. The molecule has 0 saturated carbocycles. The van der Waals surface area contributed by atoms with Gasteiger partial charge in [0.2, 0.25) is 0 Å². The molecule has 142 valence electrons. The third-order valence-electron chi connectivity index (χ3n) is 4.87. The molecule has 1 atom stereocenters. The number of pyridine rings is 1. The van der Waals surface area contributed by atoms with Crippen LogP contribution in [-0.2, 0) is 21.6 Å². The number of morpholine rings is 1. The first-order chi connectivity index (χ1) is 12.8. The van der Waals surface area contributed by atoms with E-state index in [0.29, 0.717) is 23.3 Å². The van der Waals surface area contributed by atoms with Gasteiger partial charge in [0, 0.05) is 30.9 Å². The predicted molar refractivity (Wildman–Crippen MR) is 106 cm³/mol.